The van der Waals surface area contributed by atoms with Gasteiger partial charge in [0.1, 0.15) is 5.82 Å². The predicted molar refractivity (Wildman–Crippen MR) is 75.2 cm³/mol. The maximum Gasteiger partial charge on any atom is 0.251 e. The molecule has 98 valence electrons. The van der Waals surface area contributed by atoms with E-state index in [0.717, 1.165) is 0 Å². The van der Waals surface area contributed by atoms with E-state index in [4.69, 9.17) is 23.2 Å². The third kappa shape index (κ3) is 2.72. The SMILES string of the molecule is CNC(=O)c1cccc(-c2c(F)ccc(Cl)c2Cl)c1. The number of hydrogen-bond donors (Lipinski definition) is 1. The van der Waals surface area contributed by atoms with Crippen LogP contribution < -0.4 is 5.32 Å². The summed E-state index contributed by atoms with van der Waals surface area (Å²) in [6.45, 7) is 0. The van der Waals surface area contributed by atoms with Gasteiger partial charge in [0.15, 0.2) is 0 Å². The molecule has 0 spiro atoms. The first-order valence-electron chi connectivity index (χ1n) is 5.50. The minimum absolute atomic E-state index is 0.135. The molecule has 0 atom stereocenters. The quantitative estimate of drug-likeness (QED) is 0.829. The minimum Gasteiger partial charge on any atom is -0.355 e. The molecule has 0 heterocycles. The highest BCUT2D eigenvalue weighted by Crippen LogP contribution is 2.35. The molecule has 2 aromatic carbocycles. The van der Waals surface area contributed by atoms with Gasteiger partial charge in [0.25, 0.3) is 5.91 Å². The van der Waals surface area contributed by atoms with E-state index in [1.807, 2.05) is 0 Å². The Labute approximate surface area is 120 Å². The van der Waals surface area contributed by atoms with Crippen LogP contribution in [0.3, 0.4) is 0 Å². The molecule has 5 heteroatoms. The average Bonchev–Trinajstić information content (AvgIpc) is 2.43. The molecular formula is C14H10Cl2FNO. The van der Waals surface area contributed by atoms with Crippen LogP contribution in [-0.2, 0) is 0 Å². The second-order valence-electron chi connectivity index (χ2n) is 3.88. The van der Waals surface area contributed by atoms with Crippen LogP contribution in [-0.4, -0.2) is 13.0 Å². The maximum atomic E-state index is 13.9. The molecule has 0 unspecified atom stereocenters. The summed E-state index contributed by atoms with van der Waals surface area (Å²) in [6.07, 6.45) is 0. The van der Waals surface area contributed by atoms with E-state index in [0.29, 0.717) is 11.1 Å². The number of benzene rings is 2. The van der Waals surface area contributed by atoms with E-state index in [1.54, 1.807) is 24.3 Å². The van der Waals surface area contributed by atoms with Crippen LogP contribution in [0.5, 0.6) is 0 Å². The summed E-state index contributed by atoms with van der Waals surface area (Å²) < 4.78 is 13.9. The van der Waals surface area contributed by atoms with Gasteiger partial charge < -0.3 is 5.32 Å². The van der Waals surface area contributed by atoms with Gasteiger partial charge in [-0.05, 0) is 29.8 Å². The van der Waals surface area contributed by atoms with Crippen molar-refractivity contribution in [3.63, 3.8) is 0 Å². The van der Waals surface area contributed by atoms with Crippen molar-refractivity contribution in [3.8, 4) is 11.1 Å². The Morgan fingerprint density at radius 3 is 2.63 bits per heavy atom. The van der Waals surface area contributed by atoms with Crippen LogP contribution in [0.1, 0.15) is 10.4 Å². The molecule has 0 saturated heterocycles. The smallest absolute Gasteiger partial charge is 0.251 e. The van der Waals surface area contributed by atoms with E-state index in [9.17, 15) is 9.18 Å². The predicted octanol–water partition coefficient (Wildman–Crippen LogP) is 4.16. The lowest BCUT2D eigenvalue weighted by atomic mass is 10.0. The number of carbonyl (C=O) groups excluding carboxylic acids is 1. The van der Waals surface area contributed by atoms with Crippen LogP contribution in [0.25, 0.3) is 11.1 Å². The molecule has 0 radical (unpaired) electrons. The van der Waals surface area contributed by atoms with Crippen LogP contribution in [0.4, 0.5) is 4.39 Å². The number of nitrogens with one attached hydrogen (secondary N) is 1. The molecule has 0 aliphatic carbocycles. The fourth-order valence-electron chi connectivity index (χ4n) is 1.75. The summed E-state index contributed by atoms with van der Waals surface area (Å²) in [5, 5.41) is 2.91. The molecule has 0 aliphatic rings. The van der Waals surface area contributed by atoms with Crippen LogP contribution in [0.15, 0.2) is 36.4 Å². The monoisotopic (exact) mass is 297 g/mol. The highest BCUT2D eigenvalue weighted by atomic mass is 35.5. The largest absolute Gasteiger partial charge is 0.355 e. The van der Waals surface area contributed by atoms with Crippen LogP contribution >= 0.6 is 23.2 Å². The third-order valence-corrected chi connectivity index (χ3v) is 3.49. The number of amides is 1. The van der Waals surface area contributed by atoms with Gasteiger partial charge in [-0.25, -0.2) is 4.39 Å². The van der Waals surface area contributed by atoms with Crippen molar-refractivity contribution < 1.29 is 9.18 Å². The highest BCUT2D eigenvalue weighted by molar-refractivity contribution is 6.43. The van der Waals surface area contributed by atoms with Crippen molar-refractivity contribution in [3.05, 3.63) is 57.8 Å². The zero-order valence-electron chi connectivity index (χ0n) is 10.0. The van der Waals surface area contributed by atoms with Gasteiger partial charge in [0.05, 0.1) is 10.0 Å². The molecule has 0 aliphatic heterocycles. The van der Waals surface area contributed by atoms with Crippen molar-refractivity contribution in [2.24, 2.45) is 0 Å². The standard InChI is InChI=1S/C14H10Cl2FNO/c1-18-14(19)9-4-2-3-8(7-9)12-11(17)6-5-10(15)13(12)16/h2-7H,1H3,(H,18,19). The lowest BCUT2D eigenvalue weighted by Crippen LogP contribution is -2.17. The molecule has 1 N–H and O–H groups in total. The van der Waals surface area contributed by atoms with Gasteiger partial charge in [-0.3, -0.25) is 4.79 Å². The van der Waals surface area contributed by atoms with Gasteiger partial charge >= 0.3 is 0 Å². The normalized spacial score (nSPS) is 10.3. The first kappa shape index (κ1) is 13.8. The van der Waals surface area contributed by atoms with Crippen molar-refractivity contribution in [1.29, 1.82) is 0 Å². The van der Waals surface area contributed by atoms with E-state index >= 15 is 0 Å². The molecule has 1 amide bonds. The zero-order valence-corrected chi connectivity index (χ0v) is 11.5. The zero-order chi connectivity index (χ0) is 14.0. The molecule has 19 heavy (non-hydrogen) atoms. The van der Waals surface area contributed by atoms with Gasteiger partial charge in [-0.1, -0.05) is 35.3 Å². The second kappa shape index (κ2) is 5.59. The second-order valence-corrected chi connectivity index (χ2v) is 4.66. The Kier molecular flexibility index (Phi) is 4.08. The maximum absolute atomic E-state index is 13.9. The molecule has 0 aromatic heterocycles. The molecule has 0 saturated carbocycles. The lowest BCUT2D eigenvalue weighted by molar-refractivity contribution is 0.0963. The molecule has 0 fully saturated rings. The van der Waals surface area contributed by atoms with Crippen molar-refractivity contribution in [2.45, 2.75) is 0 Å². The third-order valence-electron chi connectivity index (χ3n) is 2.68. The summed E-state index contributed by atoms with van der Waals surface area (Å²) >= 11 is 11.9. The van der Waals surface area contributed by atoms with E-state index < -0.39 is 5.82 Å². The topological polar surface area (TPSA) is 29.1 Å². The minimum atomic E-state index is -0.483. The Morgan fingerprint density at radius 1 is 1.21 bits per heavy atom. The van der Waals surface area contributed by atoms with Gasteiger partial charge in [-0.15, -0.1) is 0 Å². The lowest BCUT2D eigenvalue weighted by Gasteiger charge is -2.09. The van der Waals surface area contributed by atoms with E-state index in [2.05, 4.69) is 5.32 Å². The molecule has 0 bridgehead atoms. The highest BCUT2D eigenvalue weighted by Gasteiger charge is 2.14. The van der Waals surface area contributed by atoms with Crippen molar-refractivity contribution in [1.82, 2.24) is 5.32 Å². The molecule has 2 rings (SSSR count). The summed E-state index contributed by atoms with van der Waals surface area (Å²) in [6, 6.07) is 9.18. The van der Waals surface area contributed by atoms with Gasteiger partial charge in [0, 0.05) is 18.2 Å². The fourth-order valence-corrected chi connectivity index (χ4v) is 2.17. The van der Waals surface area contributed by atoms with E-state index in [-0.39, 0.29) is 21.5 Å². The van der Waals surface area contributed by atoms with Crippen LogP contribution in [0, 0.1) is 5.82 Å². The first-order chi connectivity index (χ1) is 9.04. The molecular weight excluding hydrogens is 288 g/mol. The van der Waals surface area contributed by atoms with E-state index in [1.165, 1.54) is 19.2 Å². The number of rotatable bonds is 2. The number of hydrogen-bond acceptors (Lipinski definition) is 1. The Bertz CT molecular complexity index is 643. The Balaban J connectivity index is 2.60. The summed E-state index contributed by atoms with van der Waals surface area (Å²) in [5.74, 6) is -0.733. The average molecular weight is 298 g/mol. The summed E-state index contributed by atoms with van der Waals surface area (Å²) in [4.78, 5) is 11.6. The fraction of sp³-hybridized carbons (Fsp3) is 0.0714. The summed E-state index contributed by atoms with van der Waals surface area (Å²) in [7, 11) is 1.53. The summed E-state index contributed by atoms with van der Waals surface area (Å²) in [5.41, 5.74) is 1.13. The van der Waals surface area contributed by atoms with Gasteiger partial charge in [0.2, 0.25) is 0 Å². The number of carbonyl (C=O) groups is 1. The molecule has 2 nitrogen and oxygen atoms in total. The van der Waals surface area contributed by atoms with Gasteiger partial charge in [-0.2, -0.15) is 0 Å². The Hall–Kier alpha value is -1.58. The number of halogens is 3. The first-order valence-corrected chi connectivity index (χ1v) is 6.26. The van der Waals surface area contributed by atoms with Crippen molar-refractivity contribution >= 4 is 29.1 Å². The van der Waals surface area contributed by atoms with Crippen LogP contribution in [0.2, 0.25) is 10.0 Å². The Morgan fingerprint density at radius 2 is 1.95 bits per heavy atom. The van der Waals surface area contributed by atoms with Crippen molar-refractivity contribution in [2.75, 3.05) is 7.05 Å². The molecule has 2 aromatic rings.